The molecule has 0 aromatic rings. The predicted octanol–water partition coefficient (Wildman–Crippen LogP) is 1.25. The van der Waals surface area contributed by atoms with Crippen molar-refractivity contribution < 1.29 is 14.3 Å². The molecule has 1 unspecified atom stereocenters. The van der Waals surface area contributed by atoms with Gasteiger partial charge in [0.2, 0.25) is 0 Å². The standard InChI is InChI=1S/C11H14O3/c12-11(9-4-2-1-3-5-9)10-8-13-6-7-14-10/h1-2,4,10H,3,5-8H2. The van der Waals surface area contributed by atoms with Gasteiger partial charge in [-0.05, 0) is 18.4 Å². The Labute approximate surface area is 83.4 Å². The average Bonchev–Trinajstić information content (AvgIpc) is 2.30. The molecule has 0 aromatic carbocycles. The van der Waals surface area contributed by atoms with Crippen molar-refractivity contribution in [3.05, 3.63) is 23.8 Å². The van der Waals surface area contributed by atoms with E-state index in [1.807, 2.05) is 12.2 Å². The van der Waals surface area contributed by atoms with Gasteiger partial charge in [-0.15, -0.1) is 0 Å². The number of ether oxygens (including phenoxy) is 2. The van der Waals surface area contributed by atoms with Crippen LogP contribution < -0.4 is 0 Å². The molecule has 1 heterocycles. The van der Waals surface area contributed by atoms with Gasteiger partial charge in [-0.1, -0.05) is 18.2 Å². The summed E-state index contributed by atoms with van der Waals surface area (Å²) in [7, 11) is 0. The molecule has 2 rings (SSSR count). The lowest BCUT2D eigenvalue weighted by Crippen LogP contribution is -2.36. The van der Waals surface area contributed by atoms with Gasteiger partial charge in [0.05, 0.1) is 19.8 Å². The molecule has 1 aliphatic carbocycles. The van der Waals surface area contributed by atoms with E-state index in [0.717, 1.165) is 18.4 Å². The number of carbonyl (C=O) groups is 1. The van der Waals surface area contributed by atoms with E-state index in [1.165, 1.54) is 0 Å². The fraction of sp³-hybridized carbons (Fsp3) is 0.545. The molecule has 1 fully saturated rings. The average molecular weight is 194 g/mol. The van der Waals surface area contributed by atoms with Gasteiger partial charge in [0.1, 0.15) is 6.10 Å². The van der Waals surface area contributed by atoms with Gasteiger partial charge in [0.25, 0.3) is 0 Å². The summed E-state index contributed by atoms with van der Waals surface area (Å²) in [4.78, 5) is 11.8. The van der Waals surface area contributed by atoms with Gasteiger partial charge in [-0.3, -0.25) is 4.79 Å². The molecular formula is C11H14O3. The minimum Gasteiger partial charge on any atom is -0.376 e. The van der Waals surface area contributed by atoms with Crippen LogP contribution in [-0.4, -0.2) is 31.7 Å². The maximum atomic E-state index is 11.8. The van der Waals surface area contributed by atoms with E-state index < -0.39 is 0 Å². The summed E-state index contributed by atoms with van der Waals surface area (Å²) in [6, 6.07) is 0. The van der Waals surface area contributed by atoms with Crippen LogP contribution in [0.2, 0.25) is 0 Å². The van der Waals surface area contributed by atoms with Crippen molar-refractivity contribution in [1.82, 2.24) is 0 Å². The number of hydrogen-bond donors (Lipinski definition) is 0. The Morgan fingerprint density at radius 3 is 3.00 bits per heavy atom. The van der Waals surface area contributed by atoms with E-state index in [4.69, 9.17) is 9.47 Å². The molecule has 3 nitrogen and oxygen atoms in total. The first-order valence-corrected chi connectivity index (χ1v) is 4.97. The van der Waals surface area contributed by atoms with Crippen molar-refractivity contribution in [2.24, 2.45) is 0 Å². The monoisotopic (exact) mass is 194 g/mol. The number of hydrogen-bond acceptors (Lipinski definition) is 3. The molecule has 0 radical (unpaired) electrons. The summed E-state index contributed by atoms with van der Waals surface area (Å²) in [5, 5.41) is 0. The summed E-state index contributed by atoms with van der Waals surface area (Å²) < 4.78 is 10.6. The molecule has 0 amide bonds. The lowest BCUT2D eigenvalue weighted by molar-refractivity contribution is -0.141. The number of rotatable bonds is 2. The lowest BCUT2D eigenvalue weighted by Gasteiger charge is -2.23. The molecule has 76 valence electrons. The van der Waals surface area contributed by atoms with Crippen molar-refractivity contribution in [2.45, 2.75) is 18.9 Å². The minimum absolute atomic E-state index is 0.0917. The molecule has 2 aliphatic rings. The highest BCUT2D eigenvalue weighted by Gasteiger charge is 2.25. The summed E-state index contributed by atoms with van der Waals surface area (Å²) in [5.74, 6) is 0.0917. The molecule has 0 spiro atoms. The second-order valence-electron chi connectivity index (χ2n) is 3.46. The zero-order chi connectivity index (χ0) is 9.80. The van der Waals surface area contributed by atoms with Gasteiger partial charge < -0.3 is 9.47 Å². The van der Waals surface area contributed by atoms with E-state index in [1.54, 1.807) is 0 Å². The Kier molecular flexibility index (Phi) is 3.11. The smallest absolute Gasteiger partial charge is 0.189 e. The summed E-state index contributed by atoms with van der Waals surface area (Å²) in [5.41, 5.74) is 0.864. The van der Waals surface area contributed by atoms with Crippen molar-refractivity contribution >= 4 is 5.78 Å². The molecule has 0 bridgehead atoms. The zero-order valence-corrected chi connectivity index (χ0v) is 8.07. The maximum absolute atomic E-state index is 11.8. The van der Waals surface area contributed by atoms with Crippen LogP contribution in [0.5, 0.6) is 0 Å². The molecule has 14 heavy (non-hydrogen) atoms. The number of ketones is 1. The van der Waals surface area contributed by atoms with Crippen LogP contribution in [0, 0.1) is 0 Å². The molecular weight excluding hydrogens is 180 g/mol. The first-order valence-electron chi connectivity index (χ1n) is 4.97. The second-order valence-corrected chi connectivity index (χ2v) is 3.46. The molecule has 0 N–H and O–H groups in total. The Hall–Kier alpha value is -0.930. The van der Waals surface area contributed by atoms with Crippen LogP contribution in [0.15, 0.2) is 23.8 Å². The quantitative estimate of drug-likeness (QED) is 0.663. The van der Waals surface area contributed by atoms with Crippen molar-refractivity contribution in [1.29, 1.82) is 0 Å². The zero-order valence-electron chi connectivity index (χ0n) is 8.07. The highest BCUT2D eigenvalue weighted by atomic mass is 16.6. The van der Waals surface area contributed by atoms with Crippen molar-refractivity contribution in [3.63, 3.8) is 0 Å². The highest BCUT2D eigenvalue weighted by Crippen LogP contribution is 2.16. The van der Waals surface area contributed by atoms with Crippen LogP contribution in [-0.2, 0) is 14.3 Å². The van der Waals surface area contributed by atoms with Crippen LogP contribution in [0.4, 0.5) is 0 Å². The first-order chi connectivity index (χ1) is 6.88. The topological polar surface area (TPSA) is 35.5 Å². The third-order valence-electron chi connectivity index (χ3n) is 2.44. The summed E-state index contributed by atoms with van der Waals surface area (Å²) >= 11 is 0. The van der Waals surface area contributed by atoms with Gasteiger partial charge in [-0.2, -0.15) is 0 Å². The predicted molar refractivity (Wildman–Crippen MR) is 52.0 cm³/mol. The van der Waals surface area contributed by atoms with Gasteiger partial charge in [0.15, 0.2) is 5.78 Å². The third-order valence-corrected chi connectivity index (χ3v) is 2.44. The van der Waals surface area contributed by atoms with Crippen LogP contribution in [0.1, 0.15) is 12.8 Å². The Morgan fingerprint density at radius 2 is 2.36 bits per heavy atom. The molecule has 0 aromatic heterocycles. The Bertz CT molecular complexity index is 272. The van der Waals surface area contributed by atoms with E-state index in [2.05, 4.69) is 6.08 Å². The molecule has 1 saturated heterocycles. The van der Waals surface area contributed by atoms with E-state index in [0.29, 0.717) is 19.8 Å². The lowest BCUT2D eigenvalue weighted by atomic mass is 9.98. The molecule has 3 heteroatoms. The van der Waals surface area contributed by atoms with Crippen molar-refractivity contribution in [3.8, 4) is 0 Å². The normalized spacial score (nSPS) is 27.1. The van der Waals surface area contributed by atoms with Gasteiger partial charge in [-0.25, -0.2) is 0 Å². The number of Topliss-reactive ketones (excluding diaryl/α,β-unsaturated/α-hetero) is 1. The minimum atomic E-state index is -0.374. The second kappa shape index (κ2) is 4.53. The van der Waals surface area contributed by atoms with Crippen LogP contribution in [0.3, 0.4) is 0 Å². The van der Waals surface area contributed by atoms with E-state index in [9.17, 15) is 4.79 Å². The number of carbonyl (C=O) groups excluding carboxylic acids is 1. The Balaban J connectivity index is 1.99. The van der Waals surface area contributed by atoms with Gasteiger partial charge in [0, 0.05) is 0 Å². The van der Waals surface area contributed by atoms with E-state index >= 15 is 0 Å². The largest absolute Gasteiger partial charge is 0.376 e. The van der Waals surface area contributed by atoms with Crippen LogP contribution >= 0.6 is 0 Å². The maximum Gasteiger partial charge on any atom is 0.189 e. The molecule has 1 aliphatic heterocycles. The van der Waals surface area contributed by atoms with Gasteiger partial charge >= 0.3 is 0 Å². The molecule has 1 atom stereocenters. The highest BCUT2D eigenvalue weighted by molar-refractivity contribution is 5.99. The van der Waals surface area contributed by atoms with Crippen LogP contribution in [0.25, 0.3) is 0 Å². The fourth-order valence-corrected chi connectivity index (χ4v) is 1.65. The number of allylic oxidation sites excluding steroid dienone is 3. The third kappa shape index (κ3) is 2.11. The molecule has 0 saturated carbocycles. The fourth-order valence-electron chi connectivity index (χ4n) is 1.65. The first kappa shape index (κ1) is 9.62. The van der Waals surface area contributed by atoms with E-state index in [-0.39, 0.29) is 11.9 Å². The summed E-state index contributed by atoms with van der Waals surface area (Å²) in [6.07, 6.45) is 7.28. The Morgan fingerprint density at radius 1 is 1.43 bits per heavy atom. The van der Waals surface area contributed by atoms with Crippen molar-refractivity contribution in [2.75, 3.05) is 19.8 Å². The SMILES string of the molecule is O=C(C1=CC=CCC1)C1COCCO1. The summed E-state index contributed by atoms with van der Waals surface area (Å²) in [6.45, 7) is 1.53.